The quantitative estimate of drug-likeness (QED) is 0.797. The molecule has 1 aliphatic heterocycles. The van der Waals surface area contributed by atoms with Gasteiger partial charge in [-0.05, 0) is 6.42 Å². The van der Waals surface area contributed by atoms with E-state index in [2.05, 4.69) is 35.9 Å². The number of carbonyl (C=O) groups is 1. The molecule has 1 saturated heterocycles. The normalized spacial score (nSPS) is 17.5. The maximum Gasteiger partial charge on any atom is 0.228 e. The van der Waals surface area contributed by atoms with Crippen molar-refractivity contribution < 1.29 is 4.79 Å². The predicted octanol–water partition coefficient (Wildman–Crippen LogP) is 2.92. The molecule has 0 aliphatic carbocycles. The van der Waals surface area contributed by atoms with Crippen molar-refractivity contribution in [2.75, 3.05) is 31.1 Å². The summed E-state index contributed by atoms with van der Waals surface area (Å²) in [6, 6.07) is 0. The average molecular weight is 324 g/mol. The molecule has 0 atom stereocenters. The number of anilines is 1. The van der Waals surface area contributed by atoms with Crippen LogP contribution in [0.1, 0.15) is 53.0 Å². The molecule has 0 aromatic carbocycles. The van der Waals surface area contributed by atoms with Crippen molar-refractivity contribution >= 4 is 22.4 Å². The summed E-state index contributed by atoms with van der Waals surface area (Å²) in [6.07, 6.45) is 0.978. The van der Waals surface area contributed by atoms with Gasteiger partial charge in [-0.25, -0.2) is 0 Å². The van der Waals surface area contributed by atoms with Gasteiger partial charge in [0.1, 0.15) is 5.01 Å². The molecule has 1 aliphatic rings. The highest BCUT2D eigenvalue weighted by Gasteiger charge is 2.29. The summed E-state index contributed by atoms with van der Waals surface area (Å²) in [5.74, 6) is 0.238. The van der Waals surface area contributed by atoms with Gasteiger partial charge in [0.25, 0.3) is 0 Å². The molecule has 0 radical (unpaired) electrons. The standard InChI is InChI=1S/C16H28N4OS/c1-15(2,3)12-17-18-14(22-12)20-9-7-8-19(10-11-20)13(21)16(4,5)6/h7-11H2,1-6H3. The smallest absolute Gasteiger partial charge is 0.228 e. The lowest BCUT2D eigenvalue weighted by molar-refractivity contribution is -0.139. The van der Waals surface area contributed by atoms with Crippen LogP contribution in [-0.4, -0.2) is 47.2 Å². The number of amides is 1. The summed E-state index contributed by atoms with van der Waals surface area (Å²) >= 11 is 1.67. The number of carbonyl (C=O) groups excluding carboxylic acids is 1. The van der Waals surface area contributed by atoms with Crippen molar-refractivity contribution in [3.05, 3.63) is 5.01 Å². The fraction of sp³-hybridized carbons (Fsp3) is 0.812. The predicted molar refractivity (Wildman–Crippen MR) is 91.5 cm³/mol. The lowest BCUT2D eigenvalue weighted by Gasteiger charge is -2.28. The molecule has 0 bridgehead atoms. The van der Waals surface area contributed by atoms with Crippen molar-refractivity contribution in [1.29, 1.82) is 0 Å². The third-order valence-electron chi connectivity index (χ3n) is 3.75. The molecule has 5 nitrogen and oxygen atoms in total. The molecule has 1 amide bonds. The maximum absolute atomic E-state index is 12.4. The van der Waals surface area contributed by atoms with Gasteiger partial charge in [-0.2, -0.15) is 0 Å². The van der Waals surface area contributed by atoms with Gasteiger partial charge >= 0.3 is 0 Å². The number of hydrogen-bond acceptors (Lipinski definition) is 5. The van der Waals surface area contributed by atoms with Crippen LogP contribution in [0.25, 0.3) is 0 Å². The van der Waals surface area contributed by atoms with E-state index in [4.69, 9.17) is 0 Å². The Kier molecular flexibility index (Phi) is 4.80. The van der Waals surface area contributed by atoms with Crippen LogP contribution in [0.2, 0.25) is 0 Å². The van der Waals surface area contributed by atoms with Crippen molar-refractivity contribution in [3.63, 3.8) is 0 Å². The minimum atomic E-state index is -0.308. The summed E-state index contributed by atoms with van der Waals surface area (Å²) in [5, 5.41) is 10.7. The first-order chi connectivity index (χ1) is 10.1. The lowest BCUT2D eigenvalue weighted by Crippen LogP contribution is -2.41. The topological polar surface area (TPSA) is 49.3 Å². The number of aromatic nitrogens is 2. The van der Waals surface area contributed by atoms with Gasteiger partial charge in [-0.1, -0.05) is 52.9 Å². The van der Waals surface area contributed by atoms with Gasteiger partial charge in [-0.15, -0.1) is 10.2 Å². The van der Waals surface area contributed by atoms with Gasteiger partial charge in [0.15, 0.2) is 0 Å². The molecule has 2 rings (SSSR count). The largest absolute Gasteiger partial charge is 0.345 e. The molecule has 1 fully saturated rings. The Morgan fingerprint density at radius 2 is 1.68 bits per heavy atom. The number of hydrogen-bond donors (Lipinski definition) is 0. The molecule has 0 unspecified atom stereocenters. The number of nitrogens with zero attached hydrogens (tertiary/aromatic N) is 4. The lowest BCUT2D eigenvalue weighted by atomic mass is 9.94. The molecular formula is C16H28N4OS. The van der Waals surface area contributed by atoms with Crippen LogP contribution in [0.4, 0.5) is 5.13 Å². The molecule has 22 heavy (non-hydrogen) atoms. The molecule has 0 spiro atoms. The molecule has 2 heterocycles. The van der Waals surface area contributed by atoms with Crippen molar-refractivity contribution in [1.82, 2.24) is 15.1 Å². The van der Waals surface area contributed by atoms with Gasteiger partial charge in [0, 0.05) is 37.0 Å². The zero-order valence-electron chi connectivity index (χ0n) is 14.6. The van der Waals surface area contributed by atoms with Gasteiger partial charge in [0.2, 0.25) is 11.0 Å². The van der Waals surface area contributed by atoms with Crippen LogP contribution in [-0.2, 0) is 10.2 Å². The number of rotatable bonds is 1. The molecule has 0 N–H and O–H groups in total. The van der Waals surface area contributed by atoms with E-state index < -0.39 is 0 Å². The van der Waals surface area contributed by atoms with E-state index >= 15 is 0 Å². The van der Waals surface area contributed by atoms with E-state index in [0.717, 1.165) is 42.7 Å². The first-order valence-corrected chi connectivity index (χ1v) is 8.79. The van der Waals surface area contributed by atoms with Crippen molar-refractivity contribution in [2.45, 2.75) is 53.4 Å². The van der Waals surface area contributed by atoms with Crippen LogP contribution in [0.3, 0.4) is 0 Å². The minimum Gasteiger partial charge on any atom is -0.345 e. The highest BCUT2D eigenvalue weighted by molar-refractivity contribution is 7.15. The van der Waals surface area contributed by atoms with Crippen LogP contribution < -0.4 is 4.90 Å². The van der Waals surface area contributed by atoms with Crippen LogP contribution in [0.5, 0.6) is 0 Å². The van der Waals surface area contributed by atoms with E-state index in [-0.39, 0.29) is 16.7 Å². The van der Waals surface area contributed by atoms with Crippen LogP contribution >= 0.6 is 11.3 Å². The van der Waals surface area contributed by atoms with Gasteiger partial charge < -0.3 is 9.80 Å². The Balaban J connectivity index is 2.04. The van der Waals surface area contributed by atoms with Gasteiger partial charge in [-0.3, -0.25) is 4.79 Å². The Morgan fingerprint density at radius 3 is 2.23 bits per heavy atom. The first-order valence-electron chi connectivity index (χ1n) is 7.97. The molecular weight excluding hydrogens is 296 g/mol. The van der Waals surface area contributed by atoms with E-state index in [1.165, 1.54) is 0 Å². The maximum atomic E-state index is 12.4. The Bertz CT molecular complexity index is 527. The Hall–Kier alpha value is -1.17. The molecule has 1 aromatic rings. The fourth-order valence-corrected chi connectivity index (χ4v) is 3.39. The Labute approximate surface area is 137 Å². The van der Waals surface area contributed by atoms with E-state index in [0.29, 0.717) is 0 Å². The molecule has 0 saturated carbocycles. The summed E-state index contributed by atoms with van der Waals surface area (Å²) in [6.45, 7) is 15.8. The van der Waals surface area contributed by atoms with Crippen molar-refractivity contribution in [3.8, 4) is 0 Å². The molecule has 6 heteroatoms. The van der Waals surface area contributed by atoms with Crippen LogP contribution in [0.15, 0.2) is 0 Å². The fourth-order valence-electron chi connectivity index (χ4n) is 2.43. The van der Waals surface area contributed by atoms with E-state index in [1.807, 2.05) is 25.7 Å². The second-order valence-electron chi connectivity index (χ2n) is 8.02. The van der Waals surface area contributed by atoms with E-state index in [1.54, 1.807) is 11.3 Å². The minimum absolute atomic E-state index is 0.0377. The average Bonchev–Trinajstić information content (AvgIpc) is 2.76. The molecule has 1 aromatic heterocycles. The summed E-state index contributed by atoms with van der Waals surface area (Å²) in [7, 11) is 0. The third-order valence-corrected chi connectivity index (χ3v) is 5.16. The summed E-state index contributed by atoms with van der Waals surface area (Å²) in [4.78, 5) is 16.7. The summed E-state index contributed by atoms with van der Waals surface area (Å²) < 4.78 is 0. The van der Waals surface area contributed by atoms with Crippen molar-refractivity contribution in [2.24, 2.45) is 5.41 Å². The van der Waals surface area contributed by atoms with E-state index in [9.17, 15) is 4.79 Å². The zero-order chi connectivity index (χ0) is 16.5. The highest BCUT2D eigenvalue weighted by Crippen LogP contribution is 2.30. The monoisotopic (exact) mass is 324 g/mol. The third kappa shape index (κ3) is 3.97. The highest BCUT2D eigenvalue weighted by atomic mass is 32.1. The zero-order valence-corrected chi connectivity index (χ0v) is 15.5. The molecule has 124 valence electrons. The second kappa shape index (κ2) is 6.14. The summed E-state index contributed by atoms with van der Waals surface area (Å²) in [5.41, 5.74) is -0.271. The second-order valence-corrected chi connectivity index (χ2v) is 8.98. The van der Waals surface area contributed by atoms with Crippen LogP contribution in [0, 0.1) is 5.41 Å². The SMILES string of the molecule is CC(C)(C)C(=O)N1CCCN(c2nnc(C(C)(C)C)s2)CC1. The Morgan fingerprint density at radius 1 is 1.00 bits per heavy atom. The first kappa shape index (κ1) is 17.2. The van der Waals surface area contributed by atoms with Gasteiger partial charge in [0.05, 0.1) is 0 Å².